The van der Waals surface area contributed by atoms with Gasteiger partial charge in [0, 0.05) is 26.2 Å². The van der Waals surface area contributed by atoms with Crippen molar-refractivity contribution >= 4 is 21.9 Å². The molecule has 1 heterocycles. The molecule has 23 heavy (non-hydrogen) atoms. The molecule has 1 aromatic rings. The second kappa shape index (κ2) is 6.97. The zero-order valence-electron chi connectivity index (χ0n) is 12.6. The van der Waals surface area contributed by atoms with Gasteiger partial charge in [0.15, 0.2) is 0 Å². The Hall–Kier alpha value is -2.13. The lowest BCUT2D eigenvalue weighted by Crippen LogP contribution is -2.50. The second-order valence-electron chi connectivity index (χ2n) is 5.03. The van der Waals surface area contributed by atoms with E-state index < -0.39 is 28.3 Å². The Kier molecular flexibility index (Phi) is 5.22. The van der Waals surface area contributed by atoms with E-state index in [1.807, 2.05) is 0 Å². The summed E-state index contributed by atoms with van der Waals surface area (Å²) in [6.45, 7) is 0.641. The van der Waals surface area contributed by atoms with E-state index in [0.717, 1.165) is 0 Å². The summed E-state index contributed by atoms with van der Waals surface area (Å²) in [7, 11) is -2.14. The van der Waals surface area contributed by atoms with Crippen molar-refractivity contribution < 1.29 is 27.9 Å². The van der Waals surface area contributed by atoms with Gasteiger partial charge in [-0.05, 0) is 24.3 Å². The van der Waals surface area contributed by atoms with Crippen LogP contribution in [-0.4, -0.2) is 67.9 Å². The van der Waals surface area contributed by atoms with Gasteiger partial charge in [0.2, 0.25) is 15.9 Å². The first kappa shape index (κ1) is 17.2. The minimum atomic E-state index is -3.64. The molecule has 0 bridgehead atoms. The maximum absolute atomic E-state index is 12.5. The standard InChI is InChI=1S/C14H18N2O6S/c1-22-11-2-4-12(5-3-11)23(20,21)16-8-6-15(7-9-16)13(17)10-14(18)19/h2-5H,6-10H2,1H3,(H,18,19). The van der Waals surface area contributed by atoms with E-state index in [1.165, 1.54) is 28.4 Å². The molecule has 0 radical (unpaired) electrons. The Bertz CT molecular complexity index is 678. The minimum absolute atomic E-state index is 0.139. The molecule has 0 spiro atoms. The highest BCUT2D eigenvalue weighted by Gasteiger charge is 2.30. The maximum Gasteiger partial charge on any atom is 0.312 e. The molecule has 1 aromatic carbocycles. The van der Waals surface area contributed by atoms with Crippen molar-refractivity contribution in [2.45, 2.75) is 11.3 Å². The fourth-order valence-electron chi connectivity index (χ4n) is 2.32. The van der Waals surface area contributed by atoms with Gasteiger partial charge in [-0.15, -0.1) is 0 Å². The predicted molar refractivity (Wildman–Crippen MR) is 80.6 cm³/mol. The van der Waals surface area contributed by atoms with Crippen LogP contribution in [0.3, 0.4) is 0 Å². The fourth-order valence-corrected chi connectivity index (χ4v) is 3.74. The Morgan fingerprint density at radius 3 is 2.17 bits per heavy atom. The molecular formula is C14H18N2O6S. The van der Waals surface area contributed by atoms with Crippen LogP contribution in [0.1, 0.15) is 6.42 Å². The highest BCUT2D eigenvalue weighted by atomic mass is 32.2. The van der Waals surface area contributed by atoms with E-state index in [4.69, 9.17) is 9.84 Å². The number of hydrogen-bond acceptors (Lipinski definition) is 5. The Morgan fingerprint density at radius 1 is 1.13 bits per heavy atom. The third-order valence-electron chi connectivity index (χ3n) is 3.59. The van der Waals surface area contributed by atoms with E-state index in [-0.39, 0.29) is 31.1 Å². The van der Waals surface area contributed by atoms with Crippen LogP contribution in [0.4, 0.5) is 0 Å². The molecule has 1 saturated heterocycles. The monoisotopic (exact) mass is 342 g/mol. The van der Waals surface area contributed by atoms with Crippen LogP contribution in [0.5, 0.6) is 5.75 Å². The van der Waals surface area contributed by atoms with E-state index in [2.05, 4.69) is 0 Å². The number of nitrogens with zero attached hydrogens (tertiary/aromatic N) is 2. The number of rotatable bonds is 5. The first-order valence-electron chi connectivity index (χ1n) is 6.98. The molecule has 0 aromatic heterocycles. The topological polar surface area (TPSA) is 104 Å². The van der Waals surface area contributed by atoms with Gasteiger partial charge in [-0.25, -0.2) is 8.42 Å². The summed E-state index contributed by atoms with van der Waals surface area (Å²) in [5, 5.41) is 8.62. The molecule has 0 unspecified atom stereocenters. The average Bonchev–Trinajstić information content (AvgIpc) is 2.54. The van der Waals surface area contributed by atoms with Crippen LogP contribution in [-0.2, 0) is 19.6 Å². The van der Waals surface area contributed by atoms with Crippen molar-refractivity contribution in [2.75, 3.05) is 33.3 Å². The molecule has 1 amide bonds. The number of amides is 1. The summed E-state index contributed by atoms with van der Waals surface area (Å²) in [6.07, 6.45) is -0.578. The van der Waals surface area contributed by atoms with Gasteiger partial charge in [0.1, 0.15) is 12.2 Å². The van der Waals surface area contributed by atoms with E-state index >= 15 is 0 Å². The molecule has 9 heteroatoms. The van der Waals surface area contributed by atoms with Crippen molar-refractivity contribution in [3.05, 3.63) is 24.3 Å². The van der Waals surface area contributed by atoms with Crippen molar-refractivity contribution in [3.8, 4) is 5.75 Å². The lowest BCUT2D eigenvalue weighted by Gasteiger charge is -2.33. The van der Waals surface area contributed by atoms with Gasteiger partial charge in [0.25, 0.3) is 0 Å². The number of methoxy groups -OCH3 is 1. The first-order valence-corrected chi connectivity index (χ1v) is 8.42. The number of aliphatic carboxylic acids is 1. The van der Waals surface area contributed by atoms with Gasteiger partial charge in [0.05, 0.1) is 12.0 Å². The zero-order chi connectivity index (χ0) is 17.0. The van der Waals surface area contributed by atoms with Crippen LogP contribution >= 0.6 is 0 Å². The second-order valence-corrected chi connectivity index (χ2v) is 6.97. The van der Waals surface area contributed by atoms with Crippen LogP contribution in [0.2, 0.25) is 0 Å². The lowest BCUT2D eigenvalue weighted by atomic mass is 10.3. The Labute approximate surface area is 134 Å². The molecular weight excluding hydrogens is 324 g/mol. The largest absolute Gasteiger partial charge is 0.497 e. The van der Waals surface area contributed by atoms with Crippen LogP contribution in [0.25, 0.3) is 0 Å². The van der Waals surface area contributed by atoms with Crippen molar-refractivity contribution in [3.63, 3.8) is 0 Å². The van der Waals surface area contributed by atoms with Crippen molar-refractivity contribution in [1.82, 2.24) is 9.21 Å². The van der Waals surface area contributed by atoms with Gasteiger partial charge < -0.3 is 14.7 Å². The summed E-state index contributed by atoms with van der Waals surface area (Å²) in [6, 6.07) is 6.07. The quantitative estimate of drug-likeness (QED) is 0.756. The number of sulfonamides is 1. The number of hydrogen-bond donors (Lipinski definition) is 1. The molecule has 0 aliphatic carbocycles. The van der Waals surface area contributed by atoms with Gasteiger partial charge in [-0.1, -0.05) is 0 Å². The molecule has 0 saturated carbocycles. The predicted octanol–water partition coefficient (Wildman–Crippen LogP) is 0.00280. The smallest absolute Gasteiger partial charge is 0.312 e. The van der Waals surface area contributed by atoms with Gasteiger partial charge in [-0.3, -0.25) is 9.59 Å². The molecule has 126 valence electrons. The summed E-state index contributed by atoms with van der Waals surface area (Å²) in [5.41, 5.74) is 0. The highest BCUT2D eigenvalue weighted by molar-refractivity contribution is 7.89. The summed E-state index contributed by atoms with van der Waals surface area (Å²) in [4.78, 5) is 23.7. The van der Waals surface area contributed by atoms with Gasteiger partial charge >= 0.3 is 5.97 Å². The Morgan fingerprint density at radius 2 is 1.70 bits per heavy atom. The minimum Gasteiger partial charge on any atom is -0.497 e. The number of carbonyl (C=O) groups is 2. The van der Waals surface area contributed by atoms with Gasteiger partial charge in [-0.2, -0.15) is 4.31 Å². The normalized spacial score (nSPS) is 16.1. The fraction of sp³-hybridized carbons (Fsp3) is 0.429. The van der Waals surface area contributed by atoms with E-state index in [0.29, 0.717) is 5.75 Å². The third kappa shape index (κ3) is 3.99. The summed E-state index contributed by atoms with van der Waals surface area (Å²) in [5.74, 6) is -1.13. The summed E-state index contributed by atoms with van der Waals surface area (Å²) < 4.78 is 31.3. The Balaban J connectivity index is 2.03. The molecule has 1 aliphatic rings. The summed E-state index contributed by atoms with van der Waals surface area (Å²) >= 11 is 0. The number of carboxylic acids is 1. The van der Waals surface area contributed by atoms with Crippen molar-refractivity contribution in [1.29, 1.82) is 0 Å². The maximum atomic E-state index is 12.5. The van der Waals surface area contributed by atoms with Crippen LogP contribution < -0.4 is 4.74 Å². The third-order valence-corrected chi connectivity index (χ3v) is 5.50. The molecule has 8 nitrogen and oxygen atoms in total. The molecule has 1 fully saturated rings. The number of carbonyl (C=O) groups excluding carboxylic acids is 1. The molecule has 1 aliphatic heterocycles. The molecule has 2 rings (SSSR count). The number of carboxylic acid groups (broad SMARTS) is 1. The zero-order valence-corrected chi connectivity index (χ0v) is 13.5. The molecule has 0 atom stereocenters. The van der Waals surface area contributed by atoms with Crippen LogP contribution in [0, 0.1) is 0 Å². The number of piperazine rings is 1. The number of benzene rings is 1. The van der Waals surface area contributed by atoms with Crippen LogP contribution in [0.15, 0.2) is 29.2 Å². The lowest BCUT2D eigenvalue weighted by molar-refractivity contribution is -0.144. The first-order chi connectivity index (χ1) is 10.8. The SMILES string of the molecule is COc1ccc(S(=O)(=O)N2CCN(C(=O)CC(=O)O)CC2)cc1. The number of ether oxygens (including phenoxy) is 1. The van der Waals surface area contributed by atoms with E-state index in [1.54, 1.807) is 12.1 Å². The average molecular weight is 342 g/mol. The highest BCUT2D eigenvalue weighted by Crippen LogP contribution is 2.20. The van der Waals surface area contributed by atoms with E-state index in [9.17, 15) is 18.0 Å². The molecule has 1 N–H and O–H groups in total. The van der Waals surface area contributed by atoms with Crippen molar-refractivity contribution in [2.24, 2.45) is 0 Å².